The topological polar surface area (TPSA) is 38.0 Å². The molecule has 2 aromatic rings. The molecule has 1 saturated carbocycles. The Morgan fingerprint density at radius 3 is 2.57 bits per heavy atom. The highest BCUT2D eigenvalue weighted by Crippen LogP contribution is 2.40. The van der Waals surface area contributed by atoms with Crippen LogP contribution in [0.15, 0.2) is 28.7 Å². The predicted octanol–water partition coefficient (Wildman–Crippen LogP) is 4.13. The number of benzene rings is 1. The van der Waals surface area contributed by atoms with Crippen LogP contribution in [0.3, 0.4) is 0 Å². The minimum atomic E-state index is -0.490. The van der Waals surface area contributed by atoms with Crippen molar-refractivity contribution in [2.24, 2.45) is 0 Å². The fourth-order valence-electron chi connectivity index (χ4n) is 2.77. The smallest absolute Gasteiger partial charge is 0.0845 e. The van der Waals surface area contributed by atoms with Crippen LogP contribution in [0.25, 0.3) is 0 Å². The van der Waals surface area contributed by atoms with Gasteiger partial charge in [-0.1, -0.05) is 24.3 Å². The zero-order valence-corrected chi connectivity index (χ0v) is 14.1. The maximum absolute atomic E-state index is 10.5. The molecule has 1 fully saturated rings. The minimum Gasteiger partial charge on any atom is -0.388 e. The summed E-state index contributed by atoms with van der Waals surface area (Å²) in [6, 6.07) is 8.44. The van der Waals surface area contributed by atoms with Crippen molar-refractivity contribution in [3.8, 4) is 0 Å². The number of rotatable bonds is 5. The minimum absolute atomic E-state index is 0.490. The van der Waals surface area contributed by atoms with Gasteiger partial charge in [-0.2, -0.15) is 5.10 Å². The highest BCUT2D eigenvalue weighted by molar-refractivity contribution is 9.10. The number of aliphatic hydroxyl groups is 1. The number of nitrogens with zero attached hydrogens (tertiary/aromatic N) is 2. The van der Waals surface area contributed by atoms with Gasteiger partial charge in [0.25, 0.3) is 0 Å². The first kappa shape index (κ1) is 14.8. The summed E-state index contributed by atoms with van der Waals surface area (Å²) in [5.41, 5.74) is 4.42. The van der Waals surface area contributed by atoms with Gasteiger partial charge in [0.05, 0.1) is 22.0 Å². The summed E-state index contributed by atoms with van der Waals surface area (Å²) in [6.45, 7) is 4.87. The molecule has 1 atom stereocenters. The molecule has 0 bridgehead atoms. The molecule has 0 spiro atoms. The van der Waals surface area contributed by atoms with Crippen LogP contribution in [0.1, 0.15) is 54.3 Å². The van der Waals surface area contributed by atoms with Crippen LogP contribution in [-0.2, 0) is 13.0 Å². The third-order valence-electron chi connectivity index (χ3n) is 4.21. The Hall–Kier alpha value is -1.13. The summed E-state index contributed by atoms with van der Waals surface area (Å²) in [5, 5.41) is 15.0. The Balaban J connectivity index is 1.77. The maximum atomic E-state index is 10.5. The van der Waals surface area contributed by atoms with Crippen molar-refractivity contribution in [2.45, 2.75) is 51.7 Å². The zero-order valence-electron chi connectivity index (χ0n) is 12.5. The third-order valence-corrected chi connectivity index (χ3v) is 5.24. The first-order valence-corrected chi connectivity index (χ1v) is 8.39. The first-order valence-electron chi connectivity index (χ1n) is 7.59. The molecule has 1 aliphatic rings. The molecular formula is C17H21BrN2O. The van der Waals surface area contributed by atoms with Crippen molar-refractivity contribution in [3.63, 3.8) is 0 Å². The highest BCUT2D eigenvalue weighted by Gasteiger charge is 2.23. The monoisotopic (exact) mass is 348 g/mol. The van der Waals surface area contributed by atoms with Crippen molar-refractivity contribution < 1.29 is 5.11 Å². The second kappa shape index (κ2) is 5.93. The lowest BCUT2D eigenvalue weighted by atomic mass is 10.0. The Bertz CT molecular complexity index is 629. The van der Waals surface area contributed by atoms with Crippen molar-refractivity contribution in [1.29, 1.82) is 0 Å². The Kier molecular flexibility index (Phi) is 4.18. The van der Waals surface area contributed by atoms with Crippen LogP contribution < -0.4 is 0 Å². The number of hydrogen-bond acceptors (Lipinski definition) is 2. The van der Waals surface area contributed by atoms with Crippen molar-refractivity contribution in [1.82, 2.24) is 9.78 Å². The number of aliphatic hydroxyl groups excluding tert-OH is 1. The van der Waals surface area contributed by atoms with Crippen LogP contribution in [0.5, 0.6) is 0 Å². The van der Waals surface area contributed by atoms with Gasteiger partial charge in [0.2, 0.25) is 0 Å². The fourth-order valence-corrected chi connectivity index (χ4v) is 3.22. The summed E-state index contributed by atoms with van der Waals surface area (Å²) in [4.78, 5) is 0. The van der Waals surface area contributed by atoms with Gasteiger partial charge in [-0.15, -0.1) is 0 Å². The van der Waals surface area contributed by atoms with Gasteiger partial charge < -0.3 is 5.11 Å². The molecule has 3 nitrogen and oxygen atoms in total. The number of aryl methyl sites for hydroxylation is 2. The fraction of sp³-hybridized carbons (Fsp3) is 0.471. The second-order valence-corrected chi connectivity index (χ2v) is 6.62. The SMILES string of the molecule is CCn1nc(C)c(Br)c1CC(O)c1ccc(C2CC2)cc1. The summed E-state index contributed by atoms with van der Waals surface area (Å²) < 4.78 is 2.97. The standard InChI is InChI=1S/C17H21BrN2O/c1-3-20-15(17(18)11(2)19-20)10-16(21)14-8-6-13(7-9-14)12-4-5-12/h6-9,12,16,21H,3-5,10H2,1-2H3. The normalized spacial score (nSPS) is 16.2. The Morgan fingerprint density at radius 1 is 1.33 bits per heavy atom. The first-order chi connectivity index (χ1) is 10.1. The largest absolute Gasteiger partial charge is 0.388 e. The summed E-state index contributed by atoms with van der Waals surface area (Å²) in [6.07, 6.45) is 2.71. The maximum Gasteiger partial charge on any atom is 0.0845 e. The van der Waals surface area contributed by atoms with Crippen molar-refractivity contribution in [2.75, 3.05) is 0 Å². The van der Waals surface area contributed by atoms with Crippen LogP contribution >= 0.6 is 15.9 Å². The lowest BCUT2D eigenvalue weighted by molar-refractivity contribution is 0.175. The van der Waals surface area contributed by atoms with Crippen LogP contribution in [0, 0.1) is 6.92 Å². The van der Waals surface area contributed by atoms with E-state index in [0.717, 1.165) is 33.9 Å². The van der Waals surface area contributed by atoms with Gasteiger partial charge in [0.1, 0.15) is 0 Å². The van der Waals surface area contributed by atoms with E-state index in [1.165, 1.54) is 18.4 Å². The lowest BCUT2D eigenvalue weighted by Gasteiger charge is -2.13. The van der Waals surface area contributed by atoms with Gasteiger partial charge in [0.15, 0.2) is 0 Å². The molecule has 0 radical (unpaired) electrons. The van der Waals surface area contributed by atoms with Crippen LogP contribution in [0.2, 0.25) is 0 Å². The van der Waals surface area contributed by atoms with E-state index >= 15 is 0 Å². The average Bonchev–Trinajstić information content (AvgIpc) is 3.30. The van der Waals surface area contributed by atoms with E-state index in [-0.39, 0.29) is 0 Å². The van der Waals surface area contributed by atoms with Gasteiger partial charge in [0, 0.05) is 13.0 Å². The molecule has 21 heavy (non-hydrogen) atoms. The van der Waals surface area contributed by atoms with E-state index in [1.807, 2.05) is 11.6 Å². The zero-order chi connectivity index (χ0) is 15.0. The van der Waals surface area contributed by atoms with Gasteiger partial charge >= 0.3 is 0 Å². The molecule has 1 heterocycles. The van der Waals surface area contributed by atoms with E-state index in [1.54, 1.807) is 0 Å². The Labute approximate surface area is 134 Å². The van der Waals surface area contributed by atoms with E-state index in [9.17, 15) is 5.11 Å². The summed E-state index contributed by atoms with van der Waals surface area (Å²) in [7, 11) is 0. The molecular weight excluding hydrogens is 328 g/mol. The third kappa shape index (κ3) is 3.06. The van der Waals surface area contributed by atoms with Crippen molar-refractivity contribution in [3.05, 3.63) is 51.3 Å². The molecule has 1 aliphatic carbocycles. The van der Waals surface area contributed by atoms with Gasteiger partial charge in [-0.3, -0.25) is 4.68 Å². The van der Waals surface area contributed by atoms with Crippen molar-refractivity contribution >= 4 is 15.9 Å². The van der Waals surface area contributed by atoms with E-state index in [2.05, 4.69) is 52.2 Å². The molecule has 0 amide bonds. The lowest BCUT2D eigenvalue weighted by Crippen LogP contribution is -2.09. The highest BCUT2D eigenvalue weighted by atomic mass is 79.9. The van der Waals surface area contributed by atoms with Gasteiger partial charge in [-0.05, 0) is 59.7 Å². The average molecular weight is 349 g/mol. The summed E-state index contributed by atoms with van der Waals surface area (Å²) >= 11 is 3.59. The van der Waals surface area contributed by atoms with E-state index < -0.39 is 6.10 Å². The van der Waals surface area contributed by atoms with Gasteiger partial charge in [-0.25, -0.2) is 0 Å². The molecule has 112 valence electrons. The quantitative estimate of drug-likeness (QED) is 0.882. The predicted molar refractivity (Wildman–Crippen MR) is 87.4 cm³/mol. The molecule has 1 N–H and O–H groups in total. The molecule has 1 aromatic heterocycles. The number of hydrogen-bond donors (Lipinski definition) is 1. The molecule has 1 aromatic carbocycles. The van der Waals surface area contributed by atoms with Crippen LogP contribution in [-0.4, -0.2) is 14.9 Å². The number of aromatic nitrogens is 2. The Morgan fingerprint density at radius 2 is 2.00 bits per heavy atom. The molecule has 1 unspecified atom stereocenters. The molecule has 0 saturated heterocycles. The summed E-state index contributed by atoms with van der Waals surface area (Å²) in [5.74, 6) is 0.759. The van der Waals surface area contributed by atoms with Crippen LogP contribution in [0.4, 0.5) is 0 Å². The van der Waals surface area contributed by atoms with E-state index in [4.69, 9.17) is 0 Å². The van der Waals surface area contributed by atoms with E-state index in [0.29, 0.717) is 6.42 Å². The molecule has 3 rings (SSSR count). The molecule has 0 aliphatic heterocycles. The molecule has 4 heteroatoms. The second-order valence-electron chi connectivity index (χ2n) is 5.82. The number of halogens is 1.